The zero-order valence-electron chi connectivity index (χ0n) is 17.7. The van der Waals surface area contributed by atoms with Crippen LogP contribution in [0.1, 0.15) is 11.1 Å². The number of carbonyl (C=O) groups excluding carboxylic acids is 1. The molecule has 0 radical (unpaired) electrons. The van der Waals surface area contributed by atoms with Gasteiger partial charge in [-0.1, -0.05) is 30.3 Å². The van der Waals surface area contributed by atoms with Crippen LogP contribution in [0.5, 0.6) is 11.5 Å². The zero-order chi connectivity index (χ0) is 23.6. The van der Waals surface area contributed by atoms with E-state index in [1.807, 2.05) is 30.3 Å². The van der Waals surface area contributed by atoms with Crippen molar-refractivity contribution >= 4 is 39.4 Å². The molecule has 0 unspecified atom stereocenters. The molecule has 9 nitrogen and oxygen atoms in total. The molecular weight excluding hydrogens is 492 g/mol. The minimum Gasteiger partial charge on any atom is -0.493 e. The molecule has 0 fully saturated rings. The SMILES string of the molecule is COc1cc(/C=N/Nc2ccc([N+](=O)[O-])cc2)c(Br)cc1OCC(=O)NCc1ccccc1. The van der Waals surface area contributed by atoms with E-state index in [1.165, 1.54) is 19.2 Å². The van der Waals surface area contributed by atoms with Crippen molar-refractivity contribution in [1.29, 1.82) is 0 Å². The van der Waals surface area contributed by atoms with Gasteiger partial charge in [0.05, 0.1) is 23.9 Å². The lowest BCUT2D eigenvalue weighted by atomic mass is 10.2. The molecule has 0 saturated heterocycles. The molecule has 0 aromatic heterocycles. The van der Waals surface area contributed by atoms with Gasteiger partial charge >= 0.3 is 0 Å². The lowest BCUT2D eigenvalue weighted by molar-refractivity contribution is -0.384. The van der Waals surface area contributed by atoms with Crippen molar-refractivity contribution in [3.8, 4) is 11.5 Å². The van der Waals surface area contributed by atoms with E-state index in [4.69, 9.17) is 9.47 Å². The Kier molecular flexibility index (Phi) is 8.36. The number of hydrazone groups is 1. The number of hydrogen-bond acceptors (Lipinski definition) is 7. The second-order valence-corrected chi connectivity index (χ2v) is 7.60. The van der Waals surface area contributed by atoms with Crippen LogP contribution < -0.4 is 20.2 Å². The molecule has 1 amide bonds. The number of nitro groups is 1. The van der Waals surface area contributed by atoms with E-state index in [-0.39, 0.29) is 18.2 Å². The van der Waals surface area contributed by atoms with Crippen LogP contribution >= 0.6 is 15.9 Å². The third-order valence-corrected chi connectivity index (χ3v) is 5.14. The van der Waals surface area contributed by atoms with Gasteiger partial charge in [-0.2, -0.15) is 5.10 Å². The molecule has 3 rings (SSSR count). The van der Waals surface area contributed by atoms with Crippen molar-refractivity contribution in [2.75, 3.05) is 19.1 Å². The van der Waals surface area contributed by atoms with Gasteiger partial charge in [-0.05, 0) is 45.8 Å². The Balaban J connectivity index is 1.58. The summed E-state index contributed by atoms with van der Waals surface area (Å²) in [6.07, 6.45) is 1.56. The first-order valence-corrected chi connectivity index (χ1v) is 10.6. The van der Waals surface area contributed by atoms with Crippen LogP contribution in [0.25, 0.3) is 0 Å². The van der Waals surface area contributed by atoms with Crippen LogP contribution in [0, 0.1) is 10.1 Å². The van der Waals surface area contributed by atoms with Crippen LogP contribution in [0.3, 0.4) is 0 Å². The lowest BCUT2D eigenvalue weighted by Gasteiger charge is -2.13. The van der Waals surface area contributed by atoms with Gasteiger partial charge in [0.2, 0.25) is 0 Å². The average Bonchev–Trinajstić information content (AvgIpc) is 2.83. The van der Waals surface area contributed by atoms with Crippen LogP contribution in [-0.4, -0.2) is 30.8 Å². The van der Waals surface area contributed by atoms with E-state index < -0.39 is 4.92 Å². The van der Waals surface area contributed by atoms with Gasteiger partial charge in [0.15, 0.2) is 18.1 Å². The smallest absolute Gasteiger partial charge is 0.269 e. The molecule has 0 aliphatic rings. The average molecular weight is 513 g/mol. The summed E-state index contributed by atoms with van der Waals surface area (Å²) in [5, 5.41) is 17.7. The quantitative estimate of drug-likeness (QED) is 0.234. The largest absolute Gasteiger partial charge is 0.493 e. The Morgan fingerprint density at radius 1 is 1.12 bits per heavy atom. The van der Waals surface area contributed by atoms with Crippen molar-refractivity contribution in [1.82, 2.24) is 5.32 Å². The standard InChI is InChI=1S/C23H21BrN4O5/c1-32-21-11-17(14-26-27-18-7-9-19(10-8-18)28(30)31)20(24)12-22(21)33-15-23(29)25-13-16-5-3-2-4-6-16/h2-12,14,27H,13,15H2,1H3,(H,25,29)/b26-14+. The summed E-state index contributed by atoms with van der Waals surface area (Å²) >= 11 is 3.46. The first-order chi connectivity index (χ1) is 16.0. The molecule has 0 spiro atoms. The fraction of sp³-hybridized carbons (Fsp3) is 0.130. The molecule has 0 aliphatic carbocycles. The molecule has 10 heteroatoms. The number of amides is 1. The van der Waals surface area contributed by atoms with Crippen LogP contribution in [0.15, 0.2) is 76.3 Å². The summed E-state index contributed by atoms with van der Waals surface area (Å²) in [6, 6.07) is 18.9. The van der Waals surface area contributed by atoms with Crippen LogP contribution in [0.2, 0.25) is 0 Å². The maximum atomic E-state index is 12.1. The van der Waals surface area contributed by atoms with Gasteiger partial charge < -0.3 is 14.8 Å². The summed E-state index contributed by atoms with van der Waals surface area (Å²) in [7, 11) is 1.50. The molecule has 0 heterocycles. The summed E-state index contributed by atoms with van der Waals surface area (Å²) < 4.78 is 11.7. The van der Waals surface area contributed by atoms with Crippen LogP contribution in [0.4, 0.5) is 11.4 Å². The van der Waals surface area contributed by atoms with Crippen molar-refractivity contribution in [2.45, 2.75) is 6.54 Å². The van der Waals surface area contributed by atoms with Gasteiger partial charge in [0, 0.05) is 28.7 Å². The number of nitrogens with zero attached hydrogens (tertiary/aromatic N) is 2. The van der Waals surface area contributed by atoms with Crippen molar-refractivity contribution in [2.24, 2.45) is 5.10 Å². The minimum absolute atomic E-state index is 0.00125. The van der Waals surface area contributed by atoms with Gasteiger partial charge in [-0.25, -0.2) is 0 Å². The van der Waals surface area contributed by atoms with E-state index in [9.17, 15) is 14.9 Å². The summed E-state index contributed by atoms with van der Waals surface area (Å²) in [4.78, 5) is 22.4. The number of anilines is 1. The Morgan fingerprint density at radius 2 is 1.85 bits per heavy atom. The van der Waals surface area contributed by atoms with E-state index in [2.05, 4.69) is 31.8 Å². The zero-order valence-corrected chi connectivity index (χ0v) is 19.2. The van der Waals surface area contributed by atoms with E-state index in [0.29, 0.717) is 33.8 Å². The molecule has 170 valence electrons. The number of hydrogen-bond donors (Lipinski definition) is 2. The number of ether oxygens (including phenoxy) is 2. The number of halogens is 1. The summed E-state index contributed by atoms with van der Waals surface area (Å²) in [5.74, 6) is 0.584. The summed E-state index contributed by atoms with van der Waals surface area (Å²) in [6.45, 7) is 0.256. The monoisotopic (exact) mass is 512 g/mol. The molecule has 3 aromatic carbocycles. The molecule has 3 aromatic rings. The van der Waals surface area contributed by atoms with Crippen molar-refractivity contribution in [3.05, 3.63) is 92.4 Å². The predicted molar refractivity (Wildman–Crippen MR) is 129 cm³/mol. The molecule has 0 saturated carbocycles. The van der Waals surface area contributed by atoms with E-state index >= 15 is 0 Å². The number of nitrogens with one attached hydrogen (secondary N) is 2. The third-order valence-electron chi connectivity index (χ3n) is 4.45. The Morgan fingerprint density at radius 3 is 2.52 bits per heavy atom. The summed E-state index contributed by atoms with van der Waals surface area (Å²) in [5.41, 5.74) is 5.10. The molecular formula is C23H21BrN4O5. The van der Waals surface area contributed by atoms with Crippen LogP contribution in [-0.2, 0) is 11.3 Å². The number of benzene rings is 3. The predicted octanol–water partition coefficient (Wildman–Crippen LogP) is 4.51. The number of nitro benzene ring substituents is 1. The molecule has 0 aliphatic heterocycles. The second kappa shape index (κ2) is 11.6. The first kappa shape index (κ1) is 23.7. The fourth-order valence-corrected chi connectivity index (χ4v) is 3.17. The number of methoxy groups -OCH3 is 1. The number of non-ortho nitro benzene ring substituents is 1. The lowest BCUT2D eigenvalue weighted by Crippen LogP contribution is -2.28. The van der Waals surface area contributed by atoms with E-state index in [0.717, 1.165) is 5.56 Å². The molecule has 33 heavy (non-hydrogen) atoms. The third kappa shape index (κ3) is 7.04. The Hall–Kier alpha value is -3.92. The number of rotatable bonds is 10. The first-order valence-electron chi connectivity index (χ1n) is 9.80. The second-order valence-electron chi connectivity index (χ2n) is 6.75. The maximum Gasteiger partial charge on any atom is 0.269 e. The van der Waals surface area contributed by atoms with Crippen molar-refractivity contribution in [3.63, 3.8) is 0 Å². The Bertz CT molecular complexity index is 1140. The van der Waals surface area contributed by atoms with Gasteiger partial charge in [0.1, 0.15) is 0 Å². The highest BCUT2D eigenvalue weighted by atomic mass is 79.9. The van der Waals surface area contributed by atoms with Gasteiger partial charge in [-0.15, -0.1) is 0 Å². The molecule has 0 bridgehead atoms. The minimum atomic E-state index is -0.465. The highest BCUT2D eigenvalue weighted by Crippen LogP contribution is 2.33. The number of carbonyl (C=O) groups is 1. The normalized spacial score (nSPS) is 10.6. The van der Waals surface area contributed by atoms with Gasteiger partial charge in [-0.3, -0.25) is 20.3 Å². The maximum absolute atomic E-state index is 12.1. The molecule has 2 N–H and O–H groups in total. The fourth-order valence-electron chi connectivity index (χ4n) is 2.75. The van der Waals surface area contributed by atoms with E-state index in [1.54, 1.807) is 30.5 Å². The van der Waals surface area contributed by atoms with Gasteiger partial charge in [0.25, 0.3) is 11.6 Å². The topological polar surface area (TPSA) is 115 Å². The molecule has 0 atom stereocenters. The highest BCUT2D eigenvalue weighted by Gasteiger charge is 2.12. The Labute approximate surface area is 198 Å². The van der Waals surface area contributed by atoms with Crippen molar-refractivity contribution < 1.29 is 19.2 Å². The highest BCUT2D eigenvalue weighted by molar-refractivity contribution is 9.10.